The van der Waals surface area contributed by atoms with E-state index in [1.807, 2.05) is 0 Å². The molecular weight excluding hydrogens is 288 g/mol. The number of Topliss-reactive ketones (excluding diaryl/α,β-unsaturated/α-hetero) is 1. The zero-order valence-corrected chi connectivity index (χ0v) is 14.3. The van der Waals surface area contributed by atoms with Crippen LogP contribution in [0.25, 0.3) is 0 Å². The van der Waals surface area contributed by atoms with Gasteiger partial charge in [0.1, 0.15) is 11.7 Å². The summed E-state index contributed by atoms with van der Waals surface area (Å²) >= 11 is 0. The van der Waals surface area contributed by atoms with Crippen LogP contribution in [0.3, 0.4) is 0 Å². The van der Waals surface area contributed by atoms with Gasteiger partial charge in [-0.1, -0.05) is 13.8 Å². The van der Waals surface area contributed by atoms with Crippen molar-refractivity contribution in [2.75, 3.05) is 0 Å². The van der Waals surface area contributed by atoms with E-state index in [9.17, 15) is 9.90 Å². The van der Waals surface area contributed by atoms with Crippen molar-refractivity contribution in [3.05, 3.63) is 0 Å². The average molecular weight is 316 g/mol. The van der Waals surface area contributed by atoms with E-state index in [0.29, 0.717) is 17.1 Å². The summed E-state index contributed by atoms with van der Waals surface area (Å²) in [5.41, 5.74) is 0.681. The van der Waals surface area contributed by atoms with Crippen molar-refractivity contribution >= 4 is 5.78 Å². The molecule has 2 spiro atoms. The third kappa shape index (κ3) is 1.19. The Kier molecular flexibility index (Phi) is 2.15. The van der Waals surface area contributed by atoms with E-state index in [1.165, 1.54) is 25.7 Å². The van der Waals surface area contributed by atoms with Crippen LogP contribution in [0.1, 0.15) is 65.2 Å². The molecule has 0 aromatic heterocycles. The van der Waals surface area contributed by atoms with Crippen LogP contribution in [0.5, 0.6) is 0 Å². The van der Waals surface area contributed by atoms with E-state index >= 15 is 0 Å². The van der Waals surface area contributed by atoms with Crippen molar-refractivity contribution in [3.8, 4) is 0 Å². The van der Waals surface area contributed by atoms with Gasteiger partial charge in [-0.05, 0) is 73.5 Å². The van der Waals surface area contributed by atoms with Crippen LogP contribution in [0, 0.1) is 34.0 Å². The molecule has 0 aromatic carbocycles. The molecule has 1 heterocycles. The second kappa shape index (κ2) is 3.58. The number of carbonyl (C=O) groups excluding carboxylic acids is 1. The van der Waals surface area contributed by atoms with Gasteiger partial charge in [0.2, 0.25) is 0 Å². The summed E-state index contributed by atoms with van der Waals surface area (Å²) in [4.78, 5) is 12.2. The SMILES string of the molecule is C[C@]12CCC(=O)C3OC31CC[C@@H]1[C@@H]2CC[C@]2(C)[C@@H](O)C[C@@H]3C[C@]312. The van der Waals surface area contributed by atoms with Gasteiger partial charge in [0.05, 0.1) is 6.10 Å². The molecule has 6 rings (SSSR count). The second-order valence-corrected chi connectivity index (χ2v) is 10.2. The molecule has 3 nitrogen and oxygen atoms in total. The Morgan fingerprint density at radius 3 is 2.70 bits per heavy atom. The Bertz CT molecular complexity index is 630. The van der Waals surface area contributed by atoms with Gasteiger partial charge in [-0.2, -0.15) is 0 Å². The molecule has 3 heteroatoms. The summed E-state index contributed by atoms with van der Waals surface area (Å²) in [5, 5.41) is 10.7. The van der Waals surface area contributed by atoms with Gasteiger partial charge < -0.3 is 9.84 Å². The van der Waals surface area contributed by atoms with Crippen LogP contribution in [0.2, 0.25) is 0 Å². The molecule has 0 bridgehead atoms. The highest BCUT2D eigenvalue weighted by Gasteiger charge is 2.82. The minimum Gasteiger partial charge on any atom is -0.393 e. The van der Waals surface area contributed by atoms with Crippen LogP contribution in [0.15, 0.2) is 0 Å². The van der Waals surface area contributed by atoms with E-state index in [-0.39, 0.29) is 28.6 Å². The average Bonchev–Trinajstić information content (AvgIpc) is 3.39. The van der Waals surface area contributed by atoms with Crippen LogP contribution < -0.4 is 0 Å². The van der Waals surface area contributed by atoms with Gasteiger partial charge in [0, 0.05) is 11.8 Å². The number of aliphatic hydroxyl groups excluding tert-OH is 1. The molecule has 1 N–H and O–H groups in total. The van der Waals surface area contributed by atoms with Crippen LogP contribution >= 0.6 is 0 Å². The highest BCUT2D eigenvalue weighted by molar-refractivity contribution is 5.88. The fourth-order valence-corrected chi connectivity index (χ4v) is 8.70. The Morgan fingerprint density at radius 2 is 1.87 bits per heavy atom. The molecule has 6 aliphatic rings. The van der Waals surface area contributed by atoms with Gasteiger partial charge in [-0.15, -0.1) is 0 Å². The zero-order valence-electron chi connectivity index (χ0n) is 14.3. The van der Waals surface area contributed by atoms with Crippen LogP contribution in [0.4, 0.5) is 0 Å². The molecule has 5 aliphatic carbocycles. The molecule has 126 valence electrons. The summed E-state index contributed by atoms with van der Waals surface area (Å²) < 4.78 is 6.14. The highest BCUT2D eigenvalue weighted by atomic mass is 16.6. The largest absolute Gasteiger partial charge is 0.393 e. The zero-order chi connectivity index (χ0) is 15.8. The third-order valence-corrected chi connectivity index (χ3v) is 10.1. The standard InChI is InChI=1S/C20H28O3/c1-17-7-5-14(21)16-20(17,23-16)8-4-13-12(17)3-6-18(2)15(22)9-11-10-19(11,13)18/h11-13,15-16,22H,3-10H2,1-2H3/t11-,12+,13-,15+,16?,17-,18-,19+,20?/m1/s1. The smallest absolute Gasteiger partial charge is 0.164 e. The highest BCUT2D eigenvalue weighted by Crippen LogP contribution is 2.84. The first kappa shape index (κ1) is 13.8. The predicted molar refractivity (Wildman–Crippen MR) is 84.7 cm³/mol. The molecule has 0 amide bonds. The fourth-order valence-electron chi connectivity index (χ4n) is 8.70. The summed E-state index contributed by atoms with van der Waals surface area (Å²) in [6, 6.07) is 0. The number of epoxide rings is 1. The quantitative estimate of drug-likeness (QED) is 0.699. The van der Waals surface area contributed by atoms with Gasteiger partial charge in [0.15, 0.2) is 5.78 Å². The van der Waals surface area contributed by atoms with Gasteiger partial charge in [0.25, 0.3) is 0 Å². The maximum absolute atomic E-state index is 12.2. The number of rotatable bonds is 0. The molecular formula is C20H28O3. The van der Waals surface area contributed by atoms with E-state index in [2.05, 4.69) is 13.8 Å². The number of carbonyl (C=O) groups is 1. The van der Waals surface area contributed by atoms with E-state index in [0.717, 1.165) is 37.5 Å². The first-order valence-electron chi connectivity index (χ1n) is 9.78. The Balaban J connectivity index is 1.43. The molecule has 1 saturated heterocycles. The van der Waals surface area contributed by atoms with Gasteiger partial charge >= 0.3 is 0 Å². The lowest BCUT2D eigenvalue weighted by atomic mass is 9.43. The van der Waals surface area contributed by atoms with Crippen molar-refractivity contribution in [2.45, 2.75) is 83.0 Å². The number of aliphatic hydroxyl groups is 1. The van der Waals surface area contributed by atoms with Crippen molar-refractivity contribution in [1.82, 2.24) is 0 Å². The number of hydrogen-bond acceptors (Lipinski definition) is 3. The maximum Gasteiger partial charge on any atom is 0.164 e. The summed E-state index contributed by atoms with van der Waals surface area (Å²) in [7, 11) is 0. The summed E-state index contributed by atoms with van der Waals surface area (Å²) in [5.74, 6) is 2.60. The minimum absolute atomic E-state index is 0.0721. The van der Waals surface area contributed by atoms with E-state index < -0.39 is 0 Å². The molecule has 5 saturated carbocycles. The van der Waals surface area contributed by atoms with Gasteiger partial charge in [-0.3, -0.25) is 4.79 Å². The lowest BCUT2D eigenvalue weighted by Gasteiger charge is -2.60. The monoisotopic (exact) mass is 316 g/mol. The maximum atomic E-state index is 12.2. The van der Waals surface area contributed by atoms with Crippen LogP contribution in [-0.4, -0.2) is 28.7 Å². The Hall–Kier alpha value is -0.410. The topological polar surface area (TPSA) is 49.8 Å². The van der Waals surface area contributed by atoms with Crippen molar-refractivity contribution in [3.63, 3.8) is 0 Å². The lowest BCUT2D eigenvalue weighted by molar-refractivity contribution is -0.145. The van der Waals surface area contributed by atoms with Crippen molar-refractivity contribution in [2.24, 2.45) is 34.0 Å². The number of fused-ring (bicyclic) bond motifs is 2. The molecule has 1 aliphatic heterocycles. The van der Waals surface area contributed by atoms with Crippen LogP contribution in [-0.2, 0) is 9.53 Å². The number of ether oxygens (including phenoxy) is 1. The normalized spacial score (nSPS) is 68.3. The number of hydrogen-bond donors (Lipinski definition) is 1. The lowest BCUT2D eigenvalue weighted by Crippen LogP contribution is -2.59. The molecule has 2 unspecified atom stereocenters. The minimum atomic E-state index is -0.102. The first-order chi connectivity index (χ1) is 10.9. The number of ketones is 1. The van der Waals surface area contributed by atoms with Crippen molar-refractivity contribution in [1.29, 1.82) is 0 Å². The Morgan fingerprint density at radius 1 is 1.09 bits per heavy atom. The van der Waals surface area contributed by atoms with Crippen molar-refractivity contribution < 1.29 is 14.6 Å². The van der Waals surface area contributed by atoms with E-state index in [4.69, 9.17) is 4.74 Å². The molecule has 0 aromatic rings. The third-order valence-electron chi connectivity index (χ3n) is 10.1. The van der Waals surface area contributed by atoms with Gasteiger partial charge in [-0.25, -0.2) is 0 Å². The summed E-state index contributed by atoms with van der Waals surface area (Å²) in [6.45, 7) is 4.83. The second-order valence-electron chi connectivity index (χ2n) is 10.2. The first-order valence-corrected chi connectivity index (χ1v) is 9.78. The Labute approximate surface area is 138 Å². The fraction of sp³-hybridized carbons (Fsp3) is 0.950. The molecule has 9 atom stereocenters. The molecule has 23 heavy (non-hydrogen) atoms. The summed E-state index contributed by atoms with van der Waals surface area (Å²) in [6.07, 6.45) is 8.72. The molecule has 0 radical (unpaired) electrons. The molecule has 6 fully saturated rings. The van der Waals surface area contributed by atoms with E-state index in [1.54, 1.807) is 0 Å². The predicted octanol–water partition coefficient (Wildman–Crippen LogP) is 3.09.